The van der Waals surface area contributed by atoms with Gasteiger partial charge in [-0.3, -0.25) is 9.52 Å². The Morgan fingerprint density at radius 2 is 1.72 bits per heavy atom. The standard InChI is InChI=1S/C31H41N5O6S/c1-7-10-11-12-13-21(8-2)30-32-20(4)28-31(37)33-29(34-36(28)30)24-19-23(15-17-25(24)42-9-3)43(38,39)35-22-14-16-26(40-5)27(18-22)41-6/h14-19,21,35H,7-13H2,1-6H3,(H,33,34,37). The third-order valence-electron chi connectivity index (χ3n) is 7.42. The molecule has 2 aromatic heterocycles. The minimum Gasteiger partial charge on any atom is -0.493 e. The van der Waals surface area contributed by atoms with Gasteiger partial charge in [0.2, 0.25) is 0 Å². The fraction of sp³-hybridized carbons (Fsp3) is 0.452. The van der Waals surface area contributed by atoms with Crippen molar-refractivity contribution in [2.75, 3.05) is 25.5 Å². The summed E-state index contributed by atoms with van der Waals surface area (Å²) in [6.45, 7) is 8.26. The van der Waals surface area contributed by atoms with Crippen LogP contribution >= 0.6 is 0 Å². The predicted molar refractivity (Wildman–Crippen MR) is 167 cm³/mol. The Morgan fingerprint density at radius 1 is 0.977 bits per heavy atom. The molecule has 0 saturated carbocycles. The third kappa shape index (κ3) is 6.96. The summed E-state index contributed by atoms with van der Waals surface area (Å²) < 4.78 is 47.6. The number of fused-ring (bicyclic) bond motifs is 1. The van der Waals surface area contributed by atoms with Crippen molar-refractivity contribution >= 4 is 21.2 Å². The molecule has 2 N–H and O–H groups in total. The van der Waals surface area contributed by atoms with Crippen molar-refractivity contribution in [3.8, 4) is 28.6 Å². The van der Waals surface area contributed by atoms with E-state index in [1.165, 1.54) is 38.8 Å². The maximum atomic E-state index is 13.5. The lowest BCUT2D eigenvalue weighted by atomic mass is 9.97. The molecular formula is C31H41N5O6S. The van der Waals surface area contributed by atoms with Gasteiger partial charge in [-0.15, -0.1) is 5.10 Å². The number of hydrogen-bond acceptors (Lipinski definition) is 8. The molecule has 0 aliphatic rings. The van der Waals surface area contributed by atoms with Crippen LogP contribution in [0.2, 0.25) is 0 Å². The fourth-order valence-electron chi connectivity index (χ4n) is 5.17. The van der Waals surface area contributed by atoms with E-state index >= 15 is 0 Å². The minimum atomic E-state index is -4.05. The van der Waals surface area contributed by atoms with Gasteiger partial charge in [0.15, 0.2) is 22.8 Å². The molecule has 0 aliphatic heterocycles. The monoisotopic (exact) mass is 611 g/mol. The van der Waals surface area contributed by atoms with Crippen molar-refractivity contribution in [1.29, 1.82) is 0 Å². The SMILES string of the molecule is CCCCCCC(CC)c1nc(C)c2c(=O)[nH]c(-c3cc(S(=O)(=O)Nc4ccc(OC)c(OC)c4)ccc3OCC)nn12. The third-order valence-corrected chi connectivity index (χ3v) is 8.80. The van der Waals surface area contributed by atoms with Crippen LogP contribution < -0.4 is 24.5 Å². The number of sulfonamides is 1. The molecule has 2 heterocycles. The summed E-state index contributed by atoms with van der Waals surface area (Å²) in [4.78, 5) is 20.9. The van der Waals surface area contributed by atoms with E-state index in [1.807, 2.05) is 6.92 Å². The lowest BCUT2D eigenvalue weighted by molar-refractivity contribution is 0.341. The Bertz CT molecular complexity index is 1730. The molecule has 0 bridgehead atoms. The molecular weight excluding hydrogens is 570 g/mol. The summed E-state index contributed by atoms with van der Waals surface area (Å²) in [5.74, 6) is 2.29. The molecule has 12 heteroatoms. The fourth-order valence-corrected chi connectivity index (χ4v) is 6.24. The Hall–Kier alpha value is -4.06. The minimum absolute atomic E-state index is 0.0344. The van der Waals surface area contributed by atoms with E-state index in [1.54, 1.807) is 29.6 Å². The van der Waals surface area contributed by atoms with E-state index in [-0.39, 0.29) is 22.2 Å². The molecule has 0 fully saturated rings. The first-order chi connectivity index (χ1) is 20.7. The Morgan fingerprint density at radius 3 is 2.40 bits per heavy atom. The molecule has 0 spiro atoms. The van der Waals surface area contributed by atoms with Crippen molar-refractivity contribution in [3.05, 3.63) is 58.3 Å². The highest BCUT2D eigenvalue weighted by Gasteiger charge is 2.24. The number of aryl methyl sites for hydroxylation is 1. The first-order valence-electron chi connectivity index (χ1n) is 14.7. The summed E-state index contributed by atoms with van der Waals surface area (Å²) in [6.07, 6.45) is 6.35. The summed E-state index contributed by atoms with van der Waals surface area (Å²) in [5, 5.41) is 4.81. The van der Waals surface area contributed by atoms with Crippen molar-refractivity contribution in [1.82, 2.24) is 19.6 Å². The summed E-state index contributed by atoms with van der Waals surface area (Å²) in [6, 6.07) is 9.19. The van der Waals surface area contributed by atoms with Gasteiger partial charge in [-0.25, -0.2) is 17.9 Å². The molecule has 1 unspecified atom stereocenters. The highest BCUT2D eigenvalue weighted by atomic mass is 32.2. The van der Waals surface area contributed by atoms with Gasteiger partial charge in [-0.2, -0.15) is 0 Å². The van der Waals surface area contributed by atoms with E-state index in [4.69, 9.17) is 24.3 Å². The molecule has 43 heavy (non-hydrogen) atoms. The zero-order valence-corrected chi connectivity index (χ0v) is 26.5. The molecule has 0 radical (unpaired) electrons. The Kier molecular flexibility index (Phi) is 10.3. The molecule has 1 atom stereocenters. The average molecular weight is 612 g/mol. The summed E-state index contributed by atoms with van der Waals surface area (Å²) in [5.41, 5.74) is 1.25. The van der Waals surface area contributed by atoms with Gasteiger partial charge < -0.3 is 19.2 Å². The van der Waals surface area contributed by atoms with E-state index in [2.05, 4.69) is 23.6 Å². The zero-order valence-electron chi connectivity index (χ0n) is 25.7. The average Bonchev–Trinajstić information content (AvgIpc) is 3.33. The maximum absolute atomic E-state index is 13.5. The van der Waals surface area contributed by atoms with Gasteiger partial charge in [0.25, 0.3) is 15.6 Å². The van der Waals surface area contributed by atoms with Crippen LogP contribution in [0.1, 0.15) is 76.7 Å². The van der Waals surface area contributed by atoms with E-state index < -0.39 is 10.0 Å². The van der Waals surface area contributed by atoms with Crippen molar-refractivity contribution < 1.29 is 22.6 Å². The zero-order chi connectivity index (χ0) is 31.1. The number of aromatic nitrogens is 4. The molecule has 4 aromatic rings. The first-order valence-corrected chi connectivity index (χ1v) is 16.2. The van der Waals surface area contributed by atoms with Crippen LogP contribution in [0, 0.1) is 6.92 Å². The molecule has 0 aliphatic carbocycles. The number of hydrogen-bond donors (Lipinski definition) is 2. The van der Waals surface area contributed by atoms with Gasteiger partial charge >= 0.3 is 0 Å². The van der Waals surface area contributed by atoms with E-state index in [9.17, 15) is 13.2 Å². The van der Waals surface area contributed by atoms with Crippen LogP contribution in [-0.2, 0) is 10.0 Å². The van der Waals surface area contributed by atoms with Gasteiger partial charge in [0, 0.05) is 12.0 Å². The highest BCUT2D eigenvalue weighted by Crippen LogP contribution is 2.34. The van der Waals surface area contributed by atoms with Crippen LogP contribution in [0.3, 0.4) is 0 Å². The number of rotatable bonds is 15. The molecule has 0 amide bonds. The second-order valence-electron chi connectivity index (χ2n) is 10.3. The van der Waals surface area contributed by atoms with Crippen molar-refractivity contribution in [2.24, 2.45) is 0 Å². The number of imidazole rings is 1. The number of H-pyrrole nitrogens is 1. The van der Waals surface area contributed by atoms with Gasteiger partial charge in [-0.05, 0) is 57.0 Å². The molecule has 4 rings (SSSR count). The van der Waals surface area contributed by atoms with Crippen LogP contribution in [0.5, 0.6) is 17.2 Å². The van der Waals surface area contributed by atoms with Crippen LogP contribution in [0.15, 0.2) is 46.1 Å². The molecule has 0 saturated heterocycles. The van der Waals surface area contributed by atoms with Crippen LogP contribution in [0.25, 0.3) is 16.9 Å². The molecule has 11 nitrogen and oxygen atoms in total. The number of benzene rings is 2. The maximum Gasteiger partial charge on any atom is 0.277 e. The second kappa shape index (κ2) is 13.9. The number of methoxy groups -OCH3 is 2. The van der Waals surface area contributed by atoms with E-state index in [0.29, 0.717) is 46.3 Å². The van der Waals surface area contributed by atoms with Crippen LogP contribution in [0.4, 0.5) is 5.69 Å². The Labute approximate surface area is 252 Å². The number of nitrogens with one attached hydrogen (secondary N) is 2. The van der Waals surface area contributed by atoms with Gasteiger partial charge in [-0.1, -0.05) is 39.5 Å². The van der Waals surface area contributed by atoms with Crippen molar-refractivity contribution in [2.45, 2.75) is 77.0 Å². The highest BCUT2D eigenvalue weighted by molar-refractivity contribution is 7.92. The van der Waals surface area contributed by atoms with E-state index in [0.717, 1.165) is 37.9 Å². The van der Waals surface area contributed by atoms with Gasteiger partial charge in [0.1, 0.15) is 11.6 Å². The van der Waals surface area contributed by atoms with Gasteiger partial charge in [0.05, 0.1) is 42.7 Å². The topological polar surface area (TPSA) is 137 Å². The summed E-state index contributed by atoms with van der Waals surface area (Å²) in [7, 11) is -1.07. The number of anilines is 1. The number of ether oxygens (including phenoxy) is 3. The quantitative estimate of drug-likeness (QED) is 0.155. The molecule has 232 valence electrons. The number of unbranched alkanes of at least 4 members (excludes halogenated alkanes) is 3. The van der Waals surface area contributed by atoms with Crippen LogP contribution in [-0.4, -0.2) is 48.8 Å². The second-order valence-corrected chi connectivity index (χ2v) is 12.0. The smallest absolute Gasteiger partial charge is 0.277 e. The number of aromatic amines is 1. The first kappa shape index (κ1) is 31.9. The predicted octanol–water partition coefficient (Wildman–Crippen LogP) is 6.07. The normalized spacial score (nSPS) is 12.3. The lowest BCUT2D eigenvalue weighted by Crippen LogP contribution is -2.17. The number of nitrogens with zero attached hydrogens (tertiary/aromatic N) is 3. The largest absolute Gasteiger partial charge is 0.493 e. The molecule has 2 aromatic carbocycles. The van der Waals surface area contributed by atoms with Crippen molar-refractivity contribution in [3.63, 3.8) is 0 Å². The Balaban J connectivity index is 1.78. The lowest BCUT2D eigenvalue weighted by Gasteiger charge is -2.15. The summed E-state index contributed by atoms with van der Waals surface area (Å²) >= 11 is 0.